The number of hydrogen-bond donors (Lipinski definition) is 1. The average molecular weight is 569 g/mol. The van der Waals surface area contributed by atoms with Crippen molar-refractivity contribution in [2.75, 3.05) is 0 Å². The zero-order chi connectivity index (χ0) is 28.1. The first-order chi connectivity index (χ1) is 19.4. The summed E-state index contributed by atoms with van der Waals surface area (Å²) >= 11 is 12.4. The van der Waals surface area contributed by atoms with Crippen molar-refractivity contribution in [3.8, 4) is 23.3 Å². The van der Waals surface area contributed by atoms with Gasteiger partial charge in [0.15, 0.2) is 0 Å². The van der Waals surface area contributed by atoms with Gasteiger partial charge in [-0.15, -0.1) is 0 Å². The van der Waals surface area contributed by atoms with E-state index >= 15 is 0 Å². The number of benzene rings is 4. The lowest BCUT2D eigenvalue weighted by molar-refractivity contribution is -0.128. The number of ether oxygens (including phenoxy) is 3. The second-order valence-corrected chi connectivity index (χ2v) is 9.67. The molecule has 1 aliphatic rings. The summed E-state index contributed by atoms with van der Waals surface area (Å²) in [7, 11) is 0. The summed E-state index contributed by atoms with van der Waals surface area (Å²) in [5.74, 6) is 0.126. The van der Waals surface area contributed by atoms with Crippen LogP contribution in [0.5, 0.6) is 17.2 Å². The van der Waals surface area contributed by atoms with Crippen LogP contribution < -0.4 is 19.9 Å². The Kier molecular flexibility index (Phi) is 8.07. The summed E-state index contributed by atoms with van der Waals surface area (Å²) < 4.78 is 17.2. The lowest BCUT2D eigenvalue weighted by Crippen LogP contribution is -2.21. The van der Waals surface area contributed by atoms with Crippen LogP contribution in [0.15, 0.2) is 109 Å². The summed E-state index contributed by atoms with van der Waals surface area (Å²) in [5, 5.41) is 11.1. The van der Waals surface area contributed by atoms with Gasteiger partial charge in [0, 0.05) is 33.3 Å². The minimum atomic E-state index is -0.586. The molecule has 0 fully saturated rings. The highest BCUT2D eigenvalue weighted by Gasteiger charge is 2.31. The molecular weight excluding hydrogens is 547 g/mol. The molecular formula is C32H22Cl2N2O4. The van der Waals surface area contributed by atoms with Gasteiger partial charge in [0.2, 0.25) is 5.88 Å². The Morgan fingerprint density at radius 1 is 0.950 bits per heavy atom. The Balaban J connectivity index is 1.38. The molecule has 0 aliphatic carbocycles. The molecule has 4 aromatic rings. The number of nitrogens with zero attached hydrogens (tertiary/aromatic N) is 1. The zero-order valence-corrected chi connectivity index (χ0v) is 22.5. The standard InChI is InChI=1S/C32H22Cl2N2O4/c33-27-10-3-1-6-20(27)12-15-30(37)39-24-13-14-25-29(17-24)40-32(36)26(18-35)31(25)21-8-5-9-23(16-21)38-19-22-7-2-4-11-28(22)34/h1-17,31H,19,36H2/b15-12+. The monoisotopic (exact) mass is 568 g/mol. The van der Waals surface area contributed by atoms with Gasteiger partial charge in [-0.25, -0.2) is 4.79 Å². The highest BCUT2D eigenvalue weighted by molar-refractivity contribution is 6.32. The van der Waals surface area contributed by atoms with Crippen molar-refractivity contribution in [3.05, 3.63) is 141 Å². The molecule has 8 heteroatoms. The van der Waals surface area contributed by atoms with E-state index in [0.29, 0.717) is 32.7 Å². The molecule has 0 aromatic heterocycles. The van der Waals surface area contributed by atoms with Crippen molar-refractivity contribution < 1.29 is 19.0 Å². The molecule has 0 amide bonds. The number of carbonyl (C=O) groups is 1. The van der Waals surface area contributed by atoms with E-state index in [2.05, 4.69) is 6.07 Å². The fourth-order valence-corrected chi connectivity index (χ4v) is 4.71. The van der Waals surface area contributed by atoms with Crippen LogP contribution in [0.2, 0.25) is 10.0 Å². The Labute approximate surface area is 241 Å². The number of nitriles is 1. The SMILES string of the molecule is N#CC1=C(N)Oc2cc(OC(=O)/C=C/c3ccccc3Cl)ccc2C1c1cccc(OCc2ccccc2Cl)c1. The minimum Gasteiger partial charge on any atom is -0.489 e. The number of fused-ring (bicyclic) bond motifs is 1. The molecule has 0 saturated carbocycles. The fraction of sp³-hybridized carbons (Fsp3) is 0.0625. The predicted octanol–water partition coefficient (Wildman–Crippen LogP) is 7.41. The van der Waals surface area contributed by atoms with Crippen LogP contribution in [-0.2, 0) is 11.4 Å². The molecule has 0 bridgehead atoms. The van der Waals surface area contributed by atoms with E-state index in [9.17, 15) is 10.1 Å². The highest BCUT2D eigenvalue weighted by atomic mass is 35.5. The molecule has 4 aromatic carbocycles. The molecule has 40 heavy (non-hydrogen) atoms. The molecule has 0 saturated heterocycles. The average Bonchev–Trinajstić information content (AvgIpc) is 2.95. The van der Waals surface area contributed by atoms with Gasteiger partial charge >= 0.3 is 5.97 Å². The Morgan fingerprint density at radius 2 is 1.73 bits per heavy atom. The van der Waals surface area contributed by atoms with Crippen molar-refractivity contribution in [2.45, 2.75) is 12.5 Å². The van der Waals surface area contributed by atoms with E-state index in [4.69, 9.17) is 43.1 Å². The van der Waals surface area contributed by atoms with Crippen LogP contribution in [0, 0.1) is 11.3 Å². The summed E-state index contributed by atoms with van der Waals surface area (Å²) in [5.41, 5.74) is 9.45. The van der Waals surface area contributed by atoms with E-state index in [-0.39, 0.29) is 23.8 Å². The molecule has 1 atom stereocenters. The maximum Gasteiger partial charge on any atom is 0.336 e. The van der Waals surface area contributed by atoms with Gasteiger partial charge < -0.3 is 19.9 Å². The summed E-state index contributed by atoms with van der Waals surface area (Å²) in [6.07, 6.45) is 2.87. The van der Waals surface area contributed by atoms with Crippen molar-refractivity contribution in [2.24, 2.45) is 5.73 Å². The molecule has 198 valence electrons. The molecule has 0 radical (unpaired) electrons. The van der Waals surface area contributed by atoms with Gasteiger partial charge in [0.25, 0.3) is 0 Å². The number of carbonyl (C=O) groups excluding carboxylic acids is 1. The Morgan fingerprint density at radius 3 is 2.50 bits per heavy atom. The molecule has 0 spiro atoms. The van der Waals surface area contributed by atoms with Gasteiger partial charge in [-0.3, -0.25) is 0 Å². The Bertz CT molecular complexity index is 1690. The molecule has 1 heterocycles. The third-order valence-electron chi connectivity index (χ3n) is 6.26. The quantitative estimate of drug-likeness (QED) is 0.142. The summed E-state index contributed by atoms with van der Waals surface area (Å²) in [4.78, 5) is 12.4. The number of halogens is 2. The Hall–Kier alpha value is -4.70. The van der Waals surface area contributed by atoms with E-state index in [0.717, 1.165) is 11.1 Å². The van der Waals surface area contributed by atoms with Crippen LogP contribution in [0.3, 0.4) is 0 Å². The number of rotatable bonds is 7. The third-order valence-corrected chi connectivity index (χ3v) is 6.97. The van der Waals surface area contributed by atoms with Crippen molar-refractivity contribution >= 4 is 35.2 Å². The highest BCUT2D eigenvalue weighted by Crippen LogP contribution is 2.44. The van der Waals surface area contributed by atoms with Crippen LogP contribution in [-0.4, -0.2) is 5.97 Å². The maximum absolute atomic E-state index is 12.4. The van der Waals surface area contributed by atoms with Gasteiger partial charge in [-0.1, -0.05) is 77.8 Å². The third kappa shape index (κ3) is 5.97. The normalized spacial score (nSPS) is 14.3. The van der Waals surface area contributed by atoms with Crippen LogP contribution in [0.25, 0.3) is 6.08 Å². The first-order valence-electron chi connectivity index (χ1n) is 12.2. The lowest BCUT2D eigenvalue weighted by Gasteiger charge is -2.27. The molecule has 2 N–H and O–H groups in total. The largest absolute Gasteiger partial charge is 0.489 e. The summed E-state index contributed by atoms with van der Waals surface area (Å²) in [6.45, 7) is 0.288. The van der Waals surface area contributed by atoms with Crippen LogP contribution >= 0.6 is 23.2 Å². The second-order valence-electron chi connectivity index (χ2n) is 8.85. The number of hydrogen-bond acceptors (Lipinski definition) is 6. The second kappa shape index (κ2) is 12.0. The zero-order valence-electron chi connectivity index (χ0n) is 21.0. The molecule has 6 nitrogen and oxygen atoms in total. The predicted molar refractivity (Wildman–Crippen MR) is 154 cm³/mol. The topological polar surface area (TPSA) is 94.6 Å². The lowest BCUT2D eigenvalue weighted by atomic mass is 9.83. The van der Waals surface area contributed by atoms with E-state index in [1.54, 1.807) is 42.5 Å². The fourth-order valence-electron chi connectivity index (χ4n) is 4.32. The van der Waals surface area contributed by atoms with Crippen LogP contribution in [0.1, 0.15) is 28.2 Å². The van der Waals surface area contributed by atoms with Gasteiger partial charge in [-0.05, 0) is 47.5 Å². The van der Waals surface area contributed by atoms with E-state index in [1.165, 1.54) is 6.08 Å². The van der Waals surface area contributed by atoms with Crippen LogP contribution in [0.4, 0.5) is 0 Å². The van der Waals surface area contributed by atoms with E-state index < -0.39 is 11.9 Å². The first-order valence-corrected chi connectivity index (χ1v) is 13.0. The number of nitrogens with two attached hydrogens (primary N) is 1. The minimum absolute atomic E-state index is 0.0236. The van der Waals surface area contributed by atoms with Gasteiger partial charge in [0.1, 0.15) is 35.5 Å². The van der Waals surface area contributed by atoms with Crippen molar-refractivity contribution in [1.82, 2.24) is 0 Å². The number of allylic oxidation sites excluding steroid dienone is 1. The van der Waals surface area contributed by atoms with Gasteiger partial charge in [0.05, 0.1) is 5.92 Å². The van der Waals surface area contributed by atoms with Crippen molar-refractivity contribution in [3.63, 3.8) is 0 Å². The molecule has 1 aliphatic heterocycles. The van der Waals surface area contributed by atoms with E-state index in [1.807, 2.05) is 54.6 Å². The number of esters is 1. The maximum atomic E-state index is 12.4. The van der Waals surface area contributed by atoms with Crippen molar-refractivity contribution in [1.29, 1.82) is 5.26 Å². The molecule has 5 rings (SSSR count). The first kappa shape index (κ1) is 26.9. The smallest absolute Gasteiger partial charge is 0.336 e. The summed E-state index contributed by atoms with van der Waals surface area (Å²) in [6, 6.07) is 29.2. The molecule has 1 unspecified atom stereocenters. The van der Waals surface area contributed by atoms with Gasteiger partial charge in [-0.2, -0.15) is 5.26 Å².